The van der Waals surface area contributed by atoms with Crippen molar-refractivity contribution in [3.05, 3.63) is 59.9 Å². The fraction of sp³-hybridized carbons (Fsp3) is 0.350. The smallest absolute Gasteiger partial charge is 0.261 e. The molecule has 0 aliphatic carbocycles. The van der Waals surface area contributed by atoms with Crippen LogP contribution in [-0.2, 0) is 14.8 Å². The molecule has 2 N–H and O–H groups in total. The Morgan fingerprint density at radius 3 is 2.48 bits per heavy atom. The number of benzene rings is 2. The highest BCUT2D eigenvalue weighted by molar-refractivity contribution is 7.92. The molecule has 2 aromatic carbocycles. The normalized spacial score (nSPS) is 15.1. The lowest BCUT2D eigenvalue weighted by molar-refractivity contribution is 0.0374. The van der Waals surface area contributed by atoms with Crippen LogP contribution >= 0.6 is 0 Å². The van der Waals surface area contributed by atoms with E-state index < -0.39 is 15.8 Å². The zero-order valence-electron chi connectivity index (χ0n) is 15.9. The first-order valence-electron chi connectivity index (χ1n) is 9.41. The van der Waals surface area contributed by atoms with Crippen molar-refractivity contribution in [3.8, 4) is 0 Å². The van der Waals surface area contributed by atoms with Crippen LogP contribution in [0.15, 0.2) is 53.4 Å². The molecule has 156 valence electrons. The average molecular weight is 421 g/mol. The van der Waals surface area contributed by atoms with Gasteiger partial charge in [-0.15, -0.1) is 0 Å². The van der Waals surface area contributed by atoms with E-state index in [0.717, 1.165) is 51.4 Å². The number of hydrogen-bond donors (Lipinski definition) is 2. The predicted molar refractivity (Wildman–Crippen MR) is 108 cm³/mol. The molecular weight excluding hydrogens is 397 g/mol. The Hall–Kier alpha value is -2.49. The van der Waals surface area contributed by atoms with E-state index >= 15 is 0 Å². The maximum atomic E-state index is 13.1. The zero-order chi connectivity index (χ0) is 20.7. The third-order valence-corrected chi connectivity index (χ3v) is 5.96. The van der Waals surface area contributed by atoms with Crippen LogP contribution < -0.4 is 10.0 Å². The number of sulfonamides is 1. The maximum Gasteiger partial charge on any atom is 0.261 e. The number of halogens is 1. The van der Waals surface area contributed by atoms with E-state index in [2.05, 4.69) is 14.9 Å². The molecule has 1 aliphatic heterocycles. The summed E-state index contributed by atoms with van der Waals surface area (Å²) in [6.45, 7) is 4.59. The topological polar surface area (TPSA) is 87.7 Å². The van der Waals surface area contributed by atoms with Gasteiger partial charge in [-0.3, -0.25) is 14.4 Å². The summed E-state index contributed by atoms with van der Waals surface area (Å²) >= 11 is 0. The minimum Gasteiger partial charge on any atom is -0.379 e. The number of anilines is 1. The van der Waals surface area contributed by atoms with Gasteiger partial charge in [-0.2, -0.15) is 0 Å². The molecule has 2 aromatic rings. The van der Waals surface area contributed by atoms with Crippen LogP contribution in [0, 0.1) is 5.82 Å². The minimum atomic E-state index is -3.94. The highest BCUT2D eigenvalue weighted by Crippen LogP contribution is 2.20. The fourth-order valence-electron chi connectivity index (χ4n) is 3.01. The third kappa shape index (κ3) is 5.99. The summed E-state index contributed by atoms with van der Waals surface area (Å²) in [6.07, 6.45) is 0.787. The van der Waals surface area contributed by atoms with Crippen LogP contribution in [-0.4, -0.2) is 58.6 Å². The molecule has 0 unspecified atom stereocenters. The van der Waals surface area contributed by atoms with Crippen molar-refractivity contribution in [3.63, 3.8) is 0 Å². The molecule has 0 spiro atoms. The summed E-state index contributed by atoms with van der Waals surface area (Å²) in [5.41, 5.74) is 0.395. The van der Waals surface area contributed by atoms with E-state index in [0.29, 0.717) is 6.54 Å². The molecule has 1 amide bonds. The van der Waals surface area contributed by atoms with Gasteiger partial charge >= 0.3 is 0 Å². The second-order valence-corrected chi connectivity index (χ2v) is 8.35. The first-order valence-corrected chi connectivity index (χ1v) is 10.9. The molecule has 1 saturated heterocycles. The highest BCUT2D eigenvalue weighted by Gasteiger charge is 2.18. The summed E-state index contributed by atoms with van der Waals surface area (Å²) in [7, 11) is -3.94. The average Bonchev–Trinajstić information content (AvgIpc) is 2.72. The summed E-state index contributed by atoms with van der Waals surface area (Å²) in [5.74, 6) is -0.884. The summed E-state index contributed by atoms with van der Waals surface area (Å²) in [4.78, 5) is 14.7. The Balaban J connectivity index is 1.60. The van der Waals surface area contributed by atoms with Crippen LogP contribution in [0.2, 0.25) is 0 Å². The van der Waals surface area contributed by atoms with E-state index in [1.54, 1.807) is 18.2 Å². The van der Waals surface area contributed by atoms with Crippen molar-refractivity contribution >= 4 is 21.6 Å². The quantitative estimate of drug-likeness (QED) is 0.638. The lowest BCUT2D eigenvalue weighted by Crippen LogP contribution is -2.38. The van der Waals surface area contributed by atoms with Gasteiger partial charge in [0.05, 0.1) is 29.4 Å². The molecule has 29 heavy (non-hydrogen) atoms. The number of amides is 1. The van der Waals surface area contributed by atoms with Gasteiger partial charge in [0.15, 0.2) is 0 Å². The Morgan fingerprint density at radius 1 is 1.07 bits per heavy atom. The number of nitrogens with one attached hydrogen (secondary N) is 2. The largest absolute Gasteiger partial charge is 0.379 e. The molecule has 0 bridgehead atoms. The van der Waals surface area contributed by atoms with E-state index in [1.165, 1.54) is 18.2 Å². The number of carbonyl (C=O) groups excluding carboxylic acids is 1. The van der Waals surface area contributed by atoms with E-state index in [1.807, 2.05) is 0 Å². The first-order chi connectivity index (χ1) is 14.0. The molecule has 9 heteroatoms. The van der Waals surface area contributed by atoms with Gasteiger partial charge in [-0.1, -0.05) is 12.1 Å². The monoisotopic (exact) mass is 421 g/mol. The molecule has 1 fully saturated rings. The van der Waals surface area contributed by atoms with Gasteiger partial charge < -0.3 is 10.1 Å². The third-order valence-electron chi connectivity index (χ3n) is 4.58. The number of carbonyl (C=O) groups is 1. The predicted octanol–water partition coefficient (Wildman–Crippen LogP) is 2.08. The summed E-state index contributed by atoms with van der Waals surface area (Å²) in [5, 5.41) is 2.83. The Morgan fingerprint density at radius 2 is 1.76 bits per heavy atom. The number of para-hydroxylation sites is 1. The van der Waals surface area contributed by atoms with Crippen molar-refractivity contribution in [2.45, 2.75) is 11.3 Å². The van der Waals surface area contributed by atoms with Crippen molar-refractivity contribution < 1.29 is 22.3 Å². The minimum absolute atomic E-state index is 0.0837. The molecule has 3 rings (SSSR count). The molecule has 0 saturated carbocycles. The van der Waals surface area contributed by atoms with Crippen LogP contribution in [0.3, 0.4) is 0 Å². The van der Waals surface area contributed by atoms with Gasteiger partial charge in [0.1, 0.15) is 5.82 Å². The Bertz CT molecular complexity index is 929. The lowest BCUT2D eigenvalue weighted by atomic mass is 10.1. The molecule has 1 aliphatic rings. The molecular formula is C20H24FN3O4S. The number of morpholine rings is 1. The van der Waals surface area contributed by atoms with Gasteiger partial charge in [0.25, 0.3) is 15.9 Å². The number of rotatable bonds is 8. The standard InChI is InChI=1S/C20H24FN3O4S/c21-16-6-8-17(9-7-16)29(26,27)23-19-5-2-1-4-18(19)20(25)22-10-3-11-24-12-14-28-15-13-24/h1-2,4-9,23H,3,10-15H2,(H,22,25). The molecule has 0 aromatic heterocycles. The van der Waals surface area contributed by atoms with Crippen molar-refractivity contribution in [1.29, 1.82) is 0 Å². The molecule has 1 heterocycles. The molecule has 7 nitrogen and oxygen atoms in total. The summed E-state index contributed by atoms with van der Waals surface area (Å²) < 4.78 is 45.9. The van der Waals surface area contributed by atoms with Crippen molar-refractivity contribution in [1.82, 2.24) is 10.2 Å². The SMILES string of the molecule is O=C(NCCCN1CCOCC1)c1ccccc1NS(=O)(=O)c1ccc(F)cc1. The van der Waals surface area contributed by atoms with E-state index in [9.17, 15) is 17.6 Å². The Kier molecular flexibility index (Phi) is 7.18. The van der Waals surface area contributed by atoms with Gasteiger partial charge in [0.2, 0.25) is 0 Å². The van der Waals surface area contributed by atoms with E-state index in [4.69, 9.17) is 4.74 Å². The fourth-order valence-corrected chi connectivity index (χ4v) is 4.09. The van der Waals surface area contributed by atoms with Gasteiger partial charge in [-0.25, -0.2) is 12.8 Å². The zero-order valence-corrected chi connectivity index (χ0v) is 16.8. The van der Waals surface area contributed by atoms with Crippen LogP contribution in [0.25, 0.3) is 0 Å². The van der Waals surface area contributed by atoms with Crippen LogP contribution in [0.1, 0.15) is 16.8 Å². The summed E-state index contributed by atoms with van der Waals surface area (Å²) in [6, 6.07) is 10.9. The van der Waals surface area contributed by atoms with Gasteiger partial charge in [0, 0.05) is 19.6 Å². The Labute approximate surface area is 169 Å². The molecule has 0 atom stereocenters. The molecule has 0 radical (unpaired) electrons. The number of nitrogens with zero attached hydrogens (tertiary/aromatic N) is 1. The van der Waals surface area contributed by atoms with Crippen LogP contribution in [0.4, 0.5) is 10.1 Å². The van der Waals surface area contributed by atoms with Crippen molar-refractivity contribution in [2.24, 2.45) is 0 Å². The highest BCUT2D eigenvalue weighted by atomic mass is 32.2. The second kappa shape index (κ2) is 9.82. The lowest BCUT2D eigenvalue weighted by Gasteiger charge is -2.26. The second-order valence-electron chi connectivity index (χ2n) is 6.67. The number of hydrogen-bond acceptors (Lipinski definition) is 5. The van der Waals surface area contributed by atoms with E-state index in [-0.39, 0.29) is 22.1 Å². The van der Waals surface area contributed by atoms with Crippen LogP contribution in [0.5, 0.6) is 0 Å². The maximum absolute atomic E-state index is 13.1. The van der Waals surface area contributed by atoms with Crippen molar-refractivity contribution in [2.75, 3.05) is 44.1 Å². The number of ether oxygens (including phenoxy) is 1. The van der Waals surface area contributed by atoms with Gasteiger partial charge in [-0.05, 0) is 49.4 Å². The first kappa shape index (κ1) is 21.2.